The van der Waals surface area contributed by atoms with E-state index in [2.05, 4.69) is 5.10 Å². The molecule has 0 saturated heterocycles. The Kier molecular flexibility index (Phi) is 4.24. The van der Waals surface area contributed by atoms with Crippen LogP contribution in [0.5, 0.6) is 0 Å². The first kappa shape index (κ1) is 17.4. The summed E-state index contributed by atoms with van der Waals surface area (Å²) in [5.41, 5.74) is 0.723. The highest BCUT2D eigenvalue weighted by Gasteiger charge is 2.35. The maximum absolute atomic E-state index is 15.2. The van der Waals surface area contributed by atoms with Gasteiger partial charge in [0, 0.05) is 5.39 Å². The van der Waals surface area contributed by atoms with Gasteiger partial charge in [-0.25, -0.2) is 13.5 Å². The summed E-state index contributed by atoms with van der Waals surface area (Å²) >= 11 is 0. The van der Waals surface area contributed by atoms with Gasteiger partial charge in [-0.1, -0.05) is 36.4 Å². The van der Waals surface area contributed by atoms with E-state index in [1.54, 1.807) is 65.5 Å². The monoisotopic (exact) mass is 364 g/mol. The highest BCUT2D eigenvalue weighted by Crippen LogP contribution is 2.38. The Morgan fingerprint density at radius 1 is 1.00 bits per heavy atom. The standard InChI is InChI=1S/C22H18F2N2O/c1-22(27,17-5-3-2-4-6-17)21(24)15-7-12-20-16(13-15)14-25-26(20)19-10-8-18(23)9-11-19/h2-14,21,27H,1H3. The minimum atomic E-state index is -1.65. The molecule has 1 N–H and O–H groups in total. The summed E-state index contributed by atoms with van der Waals surface area (Å²) < 4.78 is 30.0. The fourth-order valence-corrected chi connectivity index (χ4v) is 3.24. The molecule has 3 aromatic carbocycles. The first-order chi connectivity index (χ1) is 13.0. The molecule has 2 unspecified atom stereocenters. The van der Waals surface area contributed by atoms with Crippen LogP contribution in [-0.2, 0) is 5.60 Å². The van der Waals surface area contributed by atoms with Crippen LogP contribution < -0.4 is 0 Å². The van der Waals surface area contributed by atoms with Gasteiger partial charge in [0.2, 0.25) is 0 Å². The van der Waals surface area contributed by atoms with Crippen molar-refractivity contribution >= 4 is 10.9 Å². The molecular formula is C22H18F2N2O. The van der Waals surface area contributed by atoms with E-state index < -0.39 is 11.8 Å². The third kappa shape index (κ3) is 3.11. The molecule has 2 atom stereocenters. The van der Waals surface area contributed by atoms with Gasteiger partial charge in [0.15, 0.2) is 6.17 Å². The molecule has 0 aliphatic rings. The predicted octanol–water partition coefficient (Wildman–Crippen LogP) is 5.08. The second-order valence-corrected chi connectivity index (χ2v) is 6.73. The summed E-state index contributed by atoms with van der Waals surface area (Å²) in [5.74, 6) is -0.319. The van der Waals surface area contributed by atoms with Crippen LogP contribution in [0.15, 0.2) is 79.0 Å². The van der Waals surface area contributed by atoms with Gasteiger partial charge in [0.25, 0.3) is 0 Å². The number of hydrogen-bond donors (Lipinski definition) is 1. The van der Waals surface area contributed by atoms with E-state index >= 15 is 4.39 Å². The average Bonchev–Trinajstić information content (AvgIpc) is 3.12. The Morgan fingerprint density at radius 3 is 2.41 bits per heavy atom. The quantitative estimate of drug-likeness (QED) is 0.548. The molecule has 0 aliphatic heterocycles. The maximum atomic E-state index is 15.2. The molecule has 0 amide bonds. The molecule has 0 fully saturated rings. The molecule has 0 saturated carbocycles. The molecule has 1 heterocycles. The largest absolute Gasteiger partial charge is 0.382 e. The Balaban J connectivity index is 1.71. The molecule has 1 aromatic heterocycles. The molecular weight excluding hydrogens is 346 g/mol. The molecule has 0 radical (unpaired) electrons. The number of benzene rings is 3. The molecule has 0 aliphatic carbocycles. The highest BCUT2D eigenvalue weighted by molar-refractivity contribution is 5.81. The number of hydrogen-bond acceptors (Lipinski definition) is 2. The van der Waals surface area contributed by atoms with Gasteiger partial charge in [-0.15, -0.1) is 0 Å². The lowest BCUT2D eigenvalue weighted by atomic mass is 9.87. The molecule has 0 spiro atoms. The SMILES string of the molecule is CC(O)(c1ccccc1)C(F)c1ccc2c(cnn2-c2ccc(F)cc2)c1. The zero-order chi connectivity index (χ0) is 19.0. The molecule has 27 heavy (non-hydrogen) atoms. The molecule has 0 bridgehead atoms. The number of rotatable bonds is 4. The van der Waals surface area contributed by atoms with E-state index in [1.807, 2.05) is 6.07 Å². The second-order valence-electron chi connectivity index (χ2n) is 6.73. The Morgan fingerprint density at radius 2 is 1.70 bits per heavy atom. The Bertz CT molecular complexity index is 1070. The predicted molar refractivity (Wildman–Crippen MR) is 101 cm³/mol. The third-order valence-corrected chi connectivity index (χ3v) is 4.81. The van der Waals surface area contributed by atoms with Crippen molar-refractivity contribution in [2.24, 2.45) is 0 Å². The van der Waals surface area contributed by atoms with Crippen LogP contribution >= 0.6 is 0 Å². The van der Waals surface area contributed by atoms with Crippen molar-refractivity contribution in [2.75, 3.05) is 0 Å². The van der Waals surface area contributed by atoms with E-state index in [1.165, 1.54) is 19.1 Å². The summed E-state index contributed by atoms with van der Waals surface area (Å²) in [6.45, 7) is 1.47. The summed E-state index contributed by atoms with van der Waals surface area (Å²) in [6, 6.07) is 19.9. The molecule has 4 aromatic rings. The zero-order valence-electron chi connectivity index (χ0n) is 14.7. The molecule has 136 valence electrons. The van der Waals surface area contributed by atoms with Crippen LogP contribution in [0.4, 0.5) is 8.78 Å². The van der Waals surface area contributed by atoms with E-state index in [4.69, 9.17) is 0 Å². The fourth-order valence-electron chi connectivity index (χ4n) is 3.24. The maximum Gasteiger partial charge on any atom is 0.158 e. The van der Waals surface area contributed by atoms with E-state index in [0.29, 0.717) is 16.8 Å². The molecule has 5 heteroatoms. The van der Waals surface area contributed by atoms with E-state index in [0.717, 1.165) is 10.9 Å². The number of aromatic nitrogens is 2. The lowest BCUT2D eigenvalue weighted by Crippen LogP contribution is -2.27. The van der Waals surface area contributed by atoms with Crippen molar-refractivity contribution in [1.82, 2.24) is 9.78 Å². The summed E-state index contributed by atoms with van der Waals surface area (Å²) in [5, 5.41) is 15.8. The number of alkyl halides is 1. The van der Waals surface area contributed by atoms with Gasteiger partial charge in [-0.2, -0.15) is 5.10 Å². The van der Waals surface area contributed by atoms with Crippen LogP contribution in [0.2, 0.25) is 0 Å². The van der Waals surface area contributed by atoms with Crippen LogP contribution in [0, 0.1) is 5.82 Å². The number of nitrogens with zero attached hydrogens (tertiary/aromatic N) is 2. The van der Waals surface area contributed by atoms with Crippen LogP contribution in [0.3, 0.4) is 0 Å². The average molecular weight is 364 g/mol. The first-order valence-corrected chi connectivity index (χ1v) is 8.62. The van der Waals surface area contributed by atoms with Gasteiger partial charge < -0.3 is 5.11 Å². The van der Waals surface area contributed by atoms with Crippen LogP contribution in [0.25, 0.3) is 16.6 Å². The smallest absolute Gasteiger partial charge is 0.158 e. The van der Waals surface area contributed by atoms with Crippen molar-refractivity contribution in [3.8, 4) is 5.69 Å². The first-order valence-electron chi connectivity index (χ1n) is 8.62. The van der Waals surface area contributed by atoms with Gasteiger partial charge in [0.05, 0.1) is 17.4 Å². The number of fused-ring (bicyclic) bond motifs is 1. The van der Waals surface area contributed by atoms with Crippen molar-refractivity contribution < 1.29 is 13.9 Å². The van der Waals surface area contributed by atoms with Crippen molar-refractivity contribution in [3.63, 3.8) is 0 Å². The van der Waals surface area contributed by atoms with Crippen molar-refractivity contribution in [2.45, 2.75) is 18.7 Å². The van der Waals surface area contributed by atoms with Gasteiger partial charge in [0.1, 0.15) is 11.4 Å². The number of halogens is 2. The van der Waals surface area contributed by atoms with Crippen molar-refractivity contribution in [3.05, 3.63) is 95.9 Å². The zero-order valence-corrected chi connectivity index (χ0v) is 14.7. The Labute approximate surface area is 155 Å². The third-order valence-electron chi connectivity index (χ3n) is 4.81. The fraction of sp³-hybridized carbons (Fsp3) is 0.136. The normalized spacial score (nSPS) is 14.8. The Hall–Kier alpha value is -3.05. The molecule has 4 rings (SSSR count). The van der Waals surface area contributed by atoms with Gasteiger partial charge in [-0.3, -0.25) is 0 Å². The minimum absolute atomic E-state index is 0.319. The minimum Gasteiger partial charge on any atom is -0.382 e. The summed E-state index contributed by atoms with van der Waals surface area (Å²) in [7, 11) is 0. The van der Waals surface area contributed by atoms with Crippen LogP contribution in [-0.4, -0.2) is 14.9 Å². The topological polar surface area (TPSA) is 38.1 Å². The lowest BCUT2D eigenvalue weighted by molar-refractivity contribution is -0.0259. The molecule has 3 nitrogen and oxygen atoms in total. The highest BCUT2D eigenvalue weighted by atomic mass is 19.1. The van der Waals surface area contributed by atoms with E-state index in [-0.39, 0.29) is 5.82 Å². The van der Waals surface area contributed by atoms with E-state index in [9.17, 15) is 9.50 Å². The summed E-state index contributed by atoms with van der Waals surface area (Å²) in [4.78, 5) is 0. The van der Waals surface area contributed by atoms with Crippen LogP contribution in [0.1, 0.15) is 24.2 Å². The van der Waals surface area contributed by atoms with Gasteiger partial charge >= 0.3 is 0 Å². The second kappa shape index (κ2) is 6.59. The summed E-state index contributed by atoms with van der Waals surface area (Å²) in [6.07, 6.45) is 0.0325. The lowest BCUT2D eigenvalue weighted by Gasteiger charge is -2.28. The van der Waals surface area contributed by atoms with Crippen molar-refractivity contribution in [1.29, 1.82) is 0 Å². The number of aliphatic hydroxyl groups is 1. The van der Waals surface area contributed by atoms with Gasteiger partial charge in [-0.05, 0) is 54.4 Å².